The van der Waals surface area contributed by atoms with E-state index >= 15 is 0 Å². The maximum absolute atomic E-state index is 10.9. The van der Waals surface area contributed by atoms with Crippen molar-refractivity contribution in [3.63, 3.8) is 0 Å². The largest absolute Gasteiger partial charge is 0.481 e. The van der Waals surface area contributed by atoms with Gasteiger partial charge in [-0.2, -0.15) is 0 Å². The molecule has 14 heavy (non-hydrogen) atoms. The molecule has 0 spiro atoms. The van der Waals surface area contributed by atoms with Gasteiger partial charge in [-0.15, -0.1) is 0 Å². The number of carbonyl (C=O) groups is 2. The van der Waals surface area contributed by atoms with Crippen LogP contribution in [-0.2, 0) is 24.2 Å². The maximum atomic E-state index is 10.9. The number of carboxylic acid groups (broad SMARTS) is 1. The zero-order valence-electron chi connectivity index (χ0n) is 7.63. The molecule has 0 aliphatic rings. The molecule has 2 unspecified atom stereocenters. The molecule has 0 bridgehead atoms. The molecule has 3 N–H and O–H groups in total. The van der Waals surface area contributed by atoms with Gasteiger partial charge in [-0.05, 0) is 0 Å². The first kappa shape index (κ1) is 12.8. The minimum Gasteiger partial charge on any atom is -0.481 e. The fraction of sp³-hybridized carbons (Fsp3) is 0.667. The molecule has 0 saturated carbocycles. The summed E-state index contributed by atoms with van der Waals surface area (Å²) in [6.07, 6.45) is 0.747. The highest BCUT2D eigenvalue weighted by Crippen LogP contribution is 2.09. The summed E-state index contributed by atoms with van der Waals surface area (Å²) < 4.78 is 25.9. The van der Waals surface area contributed by atoms with E-state index in [2.05, 4.69) is 4.74 Å². The average molecular weight is 225 g/mol. The van der Waals surface area contributed by atoms with Gasteiger partial charge >= 0.3 is 11.9 Å². The fourth-order valence-electron chi connectivity index (χ4n) is 0.750. The Balaban J connectivity index is 5.05. The Hall–Kier alpha value is -1.15. The summed E-state index contributed by atoms with van der Waals surface area (Å²) in [6.45, 7) is 0. The number of methoxy groups -OCH3 is 1. The summed E-state index contributed by atoms with van der Waals surface area (Å²) in [5.41, 5.74) is 5.10. The van der Waals surface area contributed by atoms with Crippen LogP contribution in [0.25, 0.3) is 0 Å². The number of nitrogens with two attached hydrogens (primary N) is 1. The first-order valence-electron chi connectivity index (χ1n) is 3.47. The molecule has 8 heteroatoms. The van der Waals surface area contributed by atoms with Gasteiger partial charge in [0.05, 0.1) is 7.11 Å². The second-order valence-corrected chi connectivity index (χ2v) is 4.84. The summed E-state index contributed by atoms with van der Waals surface area (Å²) in [7, 11) is -2.85. The monoisotopic (exact) mass is 225 g/mol. The third kappa shape index (κ3) is 2.96. The van der Waals surface area contributed by atoms with Gasteiger partial charge in [0.25, 0.3) is 0 Å². The van der Waals surface area contributed by atoms with E-state index in [1.54, 1.807) is 0 Å². The molecule has 0 heterocycles. The van der Waals surface area contributed by atoms with Crippen LogP contribution >= 0.6 is 0 Å². The average Bonchev–Trinajstić information content (AvgIpc) is 2.01. The second-order valence-electron chi connectivity index (χ2n) is 2.63. The Morgan fingerprint density at radius 1 is 1.43 bits per heavy atom. The van der Waals surface area contributed by atoms with Crippen LogP contribution < -0.4 is 5.73 Å². The van der Waals surface area contributed by atoms with Crippen molar-refractivity contribution in [3.05, 3.63) is 0 Å². The standard InChI is InChI=1S/C6H11NO6S/c1-13-6(10)3(5(8)9)4(7)14(2,11)12/h3-4H,7H2,1-2H3,(H,8,9). The van der Waals surface area contributed by atoms with Gasteiger partial charge in [-0.3, -0.25) is 9.59 Å². The molecule has 0 fully saturated rings. The van der Waals surface area contributed by atoms with Gasteiger partial charge in [-0.25, -0.2) is 8.42 Å². The lowest BCUT2D eigenvalue weighted by molar-refractivity contribution is -0.156. The van der Waals surface area contributed by atoms with Gasteiger partial charge in [0.2, 0.25) is 0 Å². The van der Waals surface area contributed by atoms with Gasteiger partial charge < -0.3 is 15.6 Å². The molecule has 0 saturated heterocycles. The number of rotatable bonds is 4. The summed E-state index contributed by atoms with van der Waals surface area (Å²) in [4.78, 5) is 21.4. The Labute approximate surface area is 80.8 Å². The van der Waals surface area contributed by atoms with E-state index in [4.69, 9.17) is 10.8 Å². The van der Waals surface area contributed by atoms with Crippen molar-refractivity contribution in [2.75, 3.05) is 13.4 Å². The van der Waals surface area contributed by atoms with Gasteiger partial charge in [0, 0.05) is 6.26 Å². The van der Waals surface area contributed by atoms with Crippen molar-refractivity contribution in [3.8, 4) is 0 Å². The SMILES string of the molecule is COC(=O)C(C(=O)O)C(N)S(C)(=O)=O. The number of aliphatic carboxylic acids is 1. The predicted octanol–water partition coefficient (Wildman–Crippen LogP) is -1.81. The van der Waals surface area contributed by atoms with E-state index in [1.807, 2.05) is 0 Å². The van der Waals surface area contributed by atoms with E-state index in [9.17, 15) is 18.0 Å². The molecule has 0 aliphatic carbocycles. The number of sulfone groups is 1. The minimum absolute atomic E-state index is 0.747. The van der Waals surface area contributed by atoms with Crippen LogP contribution in [-0.4, -0.2) is 44.2 Å². The van der Waals surface area contributed by atoms with Crippen molar-refractivity contribution in [1.82, 2.24) is 0 Å². The molecule has 2 atom stereocenters. The molecule has 0 aromatic rings. The number of carboxylic acids is 1. The Bertz CT molecular complexity index is 334. The van der Waals surface area contributed by atoms with Crippen molar-refractivity contribution in [1.29, 1.82) is 0 Å². The molecule has 0 radical (unpaired) electrons. The minimum atomic E-state index is -3.81. The highest BCUT2D eigenvalue weighted by atomic mass is 32.2. The van der Waals surface area contributed by atoms with E-state index in [0.717, 1.165) is 13.4 Å². The fourth-order valence-corrected chi connectivity index (χ4v) is 1.47. The number of ether oxygens (including phenoxy) is 1. The quantitative estimate of drug-likeness (QED) is 0.426. The third-order valence-electron chi connectivity index (χ3n) is 1.54. The van der Waals surface area contributed by atoms with Crippen molar-refractivity contribution in [2.24, 2.45) is 11.7 Å². The number of carbonyl (C=O) groups excluding carboxylic acids is 1. The lowest BCUT2D eigenvalue weighted by Gasteiger charge is -2.15. The molecular weight excluding hydrogens is 214 g/mol. The first-order chi connectivity index (χ1) is 6.21. The van der Waals surface area contributed by atoms with E-state index in [1.165, 1.54) is 0 Å². The van der Waals surface area contributed by atoms with Crippen molar-refractivity contribution < 1.29 is 27.9 Å². The third-order valence-corrected chi connectivity index (χ3v) is 2.81. The van der Waals surface area contributed by atoms with Crippen molar-refractivity contribution >= 4 is 21.8 Å². The number of hydrogen-bond acceptors (Lipinski definition) is 6. The van der Waals surface area contributed by atoms with E-state index < -0.39 is 33.1 Å². The summed E-state index contributed by atoms with van der Waals surface area (Å²) in [5, 5.41) is 6.76. The topological polar surface area (TPSA) is 124 Å². The second kappa shape index (κ2) is 4.38. The van der Waals surface area contributed by atoms with Gasteiger partial charge in [0.1, 0.15) is 5.37 Å². The van der Waals surface area contributed by atoms with Crippen LogP contribution in [0.15, 0.2) is 0 Å². The molecule has 0 aromatic carbocycles. The Morgan fingerprint density at radius 3 is 2.07 bits per heavy atom. The van der Waals surface area contributed by atoms with Crippen LogP contribution in [0.1, 0.15) is 0 Å². The van der Waals surface area contributed by atoms with Crippen LogP contribution in [0.4, 0.5) is 0 Å². The highest BCUT2D eigenvalue weighted by Gasteiger charge is 2.39. The lowest BCUT2D eigenvalue weighted by atomic mass is 10.1. The number of hydrogen-bond donors (Lipinski definition) is 2. The lowest BCUT2D eigenvalue weighted by Crippen LogP contribution is -2.46. The van der Waals surface area contributed by atoms with E-state index in [0.29, 0.717) is 0 Å². The first-order valence-corrected chi connectivity index (χ1v) is 5.42. The molecular formula is C6H11NO6S. The highest BCUT2D eigenvalue weighted by molar-refractivity contribution is 7.91. The normalized spacial score (nSPS) is 15.6. The molecule has 0 amide bonds. The number of esters is 1. The van der Waals surface area contributed by atoms with Crippen LogP contribution in [0, 0.1) is 5.92 Å². The van der Waals surface area contributed by atoms with Gasteiger partial charge in [0.15, 0.2) is 15.8 Å². The Morgan fingerprint density at radius 2 is 1.86 bits per heavy atom. The summed E-state index contributed by atoms with van der Waals surface area (Å²) in [5.74, 6) is -4.71. The van der Waals surface area contributed by atoms with Crippen LogP contribution in [0.5, 0.6) is 0 Å². The summed E-state index contributed by atoms with van der Waals surface area (Å²) in [6, 6.07) is 0. The summed E-state index contributed by atoms with van der Waals surface area (Å²) >= 11 is 0. The predicted molar refractivity (Wildman–Crippen MR) is 46.0 cm³/mol. The molecule has 82 valence electrons. The molecule has 0 aromatic heterocycles. The maximum Gasteiger partial charge on any atom is 0.322 e. The van der Waals surface area contributed by atoms with Crippen molar-refractivity contribution in [2.45, 2.75) is 5.37 Å². The van der Waals surface area contributed by atoms with Crippen LogP contribution in [0.3, 0.4) is 0 Å². The zero-order valence-corrected chi connectivity index (χ0v) is 8.45. The van der Waals surface area contributed by atoms with Crippen LogP contribution in [0.2, 0.25) is 0 Å². The molecule has 0 aliphatic heterocycles. The Kier molecular flexibility index (Phi) is 4.02. The van der Waals surface area contributed by atoms with E-state index in [-0.39, 0.29) is 0 Å². The molecule has 7 nitrogen and oxygen atoms in total. The van der Waals surface area contributed by atoms with Gasteiger partial charge in [-0.1, -0.05) is 0 Å². The smallest absolute Gasteiger partial charge is 0.322 e. The zero-order chi connectivity index (χ0) is 11.5. The molecule has 0 rings (SSSR count).